The van der Waals surface area contributed by atoms with Gasteiger partial charge < -0.3 is 10.6 Å². The number of thiazole rings is 1. The van der Waals surface area contributed by atoms with Crippen molar-refractivity contribution in [1.29, 1.82) is 0 Å². The van der Waals surface area contributed by atoms with Gasteiger partial charge in [-0.3, -0.25) is 4.79 Å². The lowest BCUT2D eigenvalue weighted by molar-refractivity contribution is -0.136. The first-order valence-corrected chi connectivity index (χ1v) is 7.30. The monoisotopic (exact) mass is 289 g/mol. The van der Waals surface area contributed by atoms with E-state index in [4.69, 9.17) is 5.73 Å². The maximum absolute atomic E-state index is 12.6. The summed E-state index contributed by atoms with van der Waals surface area (Å²) in [7, 11) is 1.76. The minimum absolute atomic E-state index is 0.116. The third-order valence-electron chi connectivity index (χ3n) is 3.23. The molecule has 1 unspecified atom stereocenters. The van der Waals surface area contributed by atoms with Crippen molar-refractivity contribution in [2.75, 3.05) is 7.05 Å². The smallest absolute Gasteiger partial charge is 0.247 e. The van der Waals surface area contributed by atoms with Crippen molar-refractivity contribution < 1.29 is 4.79 Å². The van der Waals surface area contributed by atoms with Gasteiger partial charge in [0.1, 0.15) is 5.54 Å². The van der Waals surface area contributed by atoms with Crippen LogP contribution in [0.5, 0.6) is 0 Å². The summed E-state index contributed by atoms with van der Waals surface area (Å²) in [6.45, 7) is 4.17. The van der Waals surface area contributed by atoms with E-state index < -0.39 is 5.54 Å². The van der Waals surface area contributed by atoms with Crippen molar-refractivity contribution in [1.82, 2.24) is 9.88 Å². The summed E-state index contributed by atoms with van der Waals surface area (Å²) in [5.41, 5.74) is 6.91. The van der Waals surface area contributed by atoms with E-state index >= 15 is 0 Å². The molecule has 0 aliphatic carbocycles. The molecular formula is C15H19N3OS. The topological polar surface area (TPSA) is 59.2 Å². The normalized spacial score (nSPS) is 13.8. The van der Waals surface area contributed by atoms with Gasteiger partial charge >= 0.3 is 0 Å². The van der Waals surface area contributed by atoms with Gasteiger partial charge in [0.2, 0.25) is 5.91 Å². The zero-order valence-electron chi connectivity index (χ0n) is 12.0. The van der Waals surface area contributed by atoms with Gasteiger partial charge in [-0.15, -0.1) is 11.3 Å². The number of rotatable bonds is 4. The number of aryl methyl sites for hydroxylation is 1. The molecule has 1 amide bonds. The van der Waals surface area contributed by atoms with Gasteiger partial charge in [-0.25, -0.2) is 4.98 Å². The van der Waals surface area contributed by atoms with Gasteiger partial charge in [-0.2, -0.15) is 0 Å². The summed E-state index contributed by atoms with van der Waals surface area (Å²) < 4.78 is 0. The number of hydrogen-bond acceptors (Lipinski definition) is 4. The molecule has 1 atom stereocenters. The molecular weight excluding hydrogens is 270 g/mol. The van der Waals surface area contributed by atoms with Crippen LogP contribution in [0.1, 0.15) is 23.2 Å². The number of nitrogens with two attached hydrogens (primary N) is 1. The molecule has 5 heteroatoms. The molecule has 4 nitrogen and oxygen atoms in total. The first-order valence-electron chi connectivity index (χ1n) is 6.42. The van der Waals surface area contributed by atoms with E-state index in [9.17, 15) is 4.79 Å². The lowest BCUT2D eigenvalue weighted by Gasteiger charge is -2.29. The number of nitrogens with zero attached hydrogens (tertiary/aromatic N) is 2. The molecule has 2 N–H and O–H groups in total. The summed E-state index contributed by atoms with van der Waals surface area (Å²) in [5.74, 6) is -0.116. The molecule has 2 aromatic rings. The fourth-order valence-corrected chi connectivity index (χ4v) is 2.70. The Bertz CT molecular complexity index is 592. The molecule has 0 radical (unpaired) electrons. The van der Waals surface area contributed by atoms with Crippen LogP contribution in [0.2, 0.25) is 0 Å². The van der Waals surface area contributed by atoms with Crippen molar-refractivity contribution in [2.45, 2.75) is 25.9 Å². The zero-order chi connectivity index (χ0) is 14.8. The van der Waals surface area contributed by atoms with E-state index in [2.05, 4.69) is 4.98 Å². The van der Waals surface area contributed by atoms with Crippen LogP contribution in [0.15, 0.2) is 35.7 Å². The van der Waals surface area contributed by atoms with Crippen LogP contribution in [0.3, 0.4) is 0 Å². The number of amides is 1. The third-order valence-corrected chi connectivity index (χ3v) is 4.05. The van der Waals surface area contributed by atoms with Gasteiger partial charge in [-0.1, -0.05) is 30.3 Å². The molecule has 0 fully saturated rings. The molecule has 1 heterocycles. The highest BCUT2D eigenvalue weighted by Gasteiger charge is 2.33. The van der Waals surface area contributed by atoms with E-state index in [1.54, 1.807) is 30.2 Å². The van der Waals surface area contributed by atoms with Crippen LogP contribution in [-0.2, 0) is 16.9 Å². The van der Waals surface area contributed by atoms with Crippen LogP contribution in [0, 0.1) is 6.92 Å². The lowest BCUT2D eigenvalue weighted by atomic mass is 9.92. The maximum atomic E-state index is 12.6. The van der Waals surface area contributed by atoms with Crippen LogP contribution in [0.4, 0.5) is 0 Å². The van der Waals surface area contributed by atoms with Crippen molar-refractivity contribution in [3.63, 3.8) is 0 Å². The molecule has 0 aliphatic heterocycles. The predicted molar refractivity (Wildman–Crippen MR) is 81.3 cm³/mol. The lowest BCUT2D eigenvalue weighted by Crippen LogP contribution is -2.49. The number of carbonyl (C=O) groups is 1. The second-order valence-corrected chi connectivity index (χ2v) is 6.15. The zero-order valence-corrected chi connectivity index (χ0v) is 12.8. The standard InChI is InChI=1S/C15H19N3OS/c1-11-17-13(10-20-11)9-18(3)14(19)15(2,16)12-7-5-4-6-8-12/h4-8,10H,9,16H2,1-3H3. The molecule has 106 valence electrons. The first kappa shape index (κ1) is 14.7. The van der Waals surface area contributed by atoms with Gasteiger partial charge in [0.15, 0.2) is 0 Å². The third kappa shape index (κ3) is 3.05. The molecule has 1 aromatic heterocycles. The Morgan fingerprint density at radius 2 is 2.05 bits per heavy atom. The summed E-state index contributed by atoms with van der Waals surface area (Å²) in [6, 6.07) is 9.43. The Kier molecular flexibility index (Phi) is 4.20. The maximum Gasteiger partial charge on any atom is 0.247 e. The molecule has 0 aliphatic rings. The molecule has 0 saturated carbocycles. The number of aromatic nitrogens is 1. The fraction of sp³-hybridized carbons (Fsp3) is 0.333. The first-order chi connectivity index (χ1) is 9.41. The quantitative estimate of drug-likeness (QED) is 0.939. The van der Waals surface area contributed by atoms with Gasteiger partial charge in [0.25, 0.3) is 0 Å². The predicted octanol–water partition coefficient (Wildman–Crippen LogP) is 2.28. The Morgan fingerprint density at radius 1 is 1.40 bits per heavy atom. The van der Waals surface area contributed by atoms with E-state index in [0.717, 1.165) is 16.3 Å². The second-order valence-electron chi connectivity index (χ2n) is 5.09. The van der Waals surface area contributed by atoms with E-state index in [-0.39, 0.29) is 5.91 Å². The SMILES string of the molecule is Cc1nc(CN(C)C(=O)C(C)(N)c2ccccc2)cs1. The molecule has 2 rings (SSSR count). The van der Waals surface area contributed by atoms with Gasteiger partial charge in [-0.05, 0) is 19.4 Å². The summed E-state index contributed by atoms with van der Waals surface area (Å²) in [4.78, 5) is 18.6. The highest BCUT2D eigenvalue weighted by Crippen LogP contribution is 2.21. The Hall–Kier alpha value is -1.72. The fourth-order valence-electron chi connectivity index (χ4n) is 2.10. The minimum atomic E-state index is -1.03. The summed E-state index contributed by atoms with van der Waals surface area (Å²) in [6.07, 6.45) is 0. The van der Waals surface area contributed by atoms with Crippen molar-refractivity contribution in [3.05, 3.63) is 52.0 Å². The minimum Gasteiger partial charge on any atom is -0.338 e. The van der Waals surface area contributed by atoms with E-state index in [1.165, 1.54) is 0 Å². The van der Waals surface area contributed by atoms with E-state index in [1.807, 2.05) is 42.6 Å². The average molecular weight is 289 g/mol. The summed E-state index contributed by atoms with van der Waals surface area (Å²) in [5, 5.41) is 2.97. The van der Waals surface area contributed by atoms with Crippen LogP contribution < -0.4 is 5.73 Å². The van der Waals surface area contributed by atoms with E-state index in [0.29, 0.717) is 6.54 Å². The highest BCUT2D eigenvalue weighted by atomic mass is 32.1. The van der Waals surface area contributed by atoms with Gasteiger partial charge in [0, 0.05) is 12.4 Å². The van der Waals surface area contributed by atoms with Crippen LogP contribution in [0.25, 0.3) is 0 Å². The van der Waals surface area contributed by atoms with Crippen LogP contribution >= 0.6 is 11.3 Å². The molecule has 0 bridgehead atoms. The molecule has 20 heavy (non-hydrogen) atoms. The Balaban J connectivity index is 2.13. The highest BCUT2D eigenvalue weighted by molar-refractivity contribution is 7.09. The average Bonchev–Trinajstić information content (AvgIpc) is 2.84. The Morgan fingerprint density at radius 3 is 2.60 bits per heavy atom. The second kappa shape index (κ2) is 5.73. The molecule has 1 aromatic carbocycles. The largest absolute Gasteiger partial charge is 0.338 e. The van der Waals surface area contributed by atoms with Crippen molar-refractivity contribution in [2.24, 2.45) is 5.73 Å². The number of benzene rings is 1. The molecule has 0 spiro atoms. The number of carbonyl (C=O) groups excluding carboxylic acids is 1. The van der Waals surface area contributed by atoms with Crippen LogP contribution in [-0.4, -0.2) is 22.8 Å². The number of likely N-dealkylation sites (N-methyl/N-ethyl adjacent to an activating group) is 1. The molecule has 0 saturated heterocycles. The van der Waals surface area contributed by atoms with Gasteiger partial charge in [0.05, 0.1) is 17.2 Å². The number of hydrogen-bond donors (Lipinski definition) is 1. The Labute approximate surface area is 123 Å². The summed E-state index contributed by atoms with van der Waals surface area (Å²) >= 11 is 1.58. The van der Waals surface area contributed by atoms with Crippen molar-refractivity contribution >= 4 is 17.2 Å². The van der Waals surface area contributed by atoms with Crippen molar-refractivity contribution in [3.8, 4) is 0 Å².